The van der Waals surface area contributed by atoms with Crippen molar-refractivity contribution in [2.45, 2.75) is 0 Å². The molecule has 0 spiro atoms. The van der Waals surface area contributed by atoms with Crippen LogP contribution >= 0.6 is 0 Å². The van der Waals surface area contributed by atoms with Crippen LogP contribution in [0.2, 0.25) is 0 Å². The third-order valence-corrected chi connectivity index (χ3v) is 9.97. The summed E-state index contributed by atoms with van der Waals surface area (Å²) in [6.07, 6.45) is 0. The largest absolute Gasteiger partial charge is 0.310 e. The van der Waals surface area contributed by atoms with Crippen molar-refractivity contribution >= 4 is 27.8 Å². The average Bonchev–Trinajstić information content (AvgIpc) is 3.25. The Morgan fingerprint density at radius 2 is 0.787 bits per heavy atom. The fourth-order valence-corrected chi connectivity index (χ4v) is 7.99. The molecule has 10 rings (SSSR count). The molecule has 2 aliphatic carbocycles. The van der Waals surface area contributed by atoms with Gasteiger partial charge in [-0.3, -0.25) is 0 Å². The summed E-state index contributed by atoms with van der Waals surface area (Å²) in [7, 11) is 0. The van der Waals surface area contributed by atoms with Gasteiger partial charge in [0.05, 0.1) is 5.69 Å². The molecule has 0 aromatic heterocycles. The predicted molar refractivity (Wildman–Crippen MR) is 198 cm³/mol. The maximum absolute atomic E-state index is 2.43. The van der Waals surface area contributed by atoms with E-state index in [4.69, 9.17) is 0 Å². The zero-order valence-corrected chi connectivity index (χ0v) is 25.7. The zero-order chi connectivity index (χ0) is 30.9. The van der Waals surface area contributed by atoms with Crippen LogP contribution in [0.1, 0.15) is 0 Å². The molecule has 0 fully saturated rings. The molecule has 0 radical (unpaired) electrons. The first-order valence-electron chi connectivity index (χ1n) is 16.3. The minimum Gasteiger partial charge on any atom is -0.310 e. The molecule has 0 aliphatic heterocycles. The Labute approximate surface area is 274 Å². The Bertz CT molecular complexity index is 2490. The average molecular weight is 596 g/mol. The van der Waals surface area contributed by atoms with E-state index in [0.29, 0.717) is 0 Å². The van der Waals surface area contributed by atoms with Crippen LogP contribution < -0.4 is 4.90 Å². The molecule has 1 nitrogen and oxygen atoms in total. The second-order valence-corrected chi connectivity index (χ2v) is 12.4. The molecule has 0 unspecified atom stereocenters. The van der Waals surface area contributed by atoms with Gasteiger partial charge in [0.1, 0.15) is 0 Å². The summed E-state index contributed by atoms with van der Waals surface area (Å²) in [4.78, 5) is 2.43. The first-order chi connectivity index (χ1) is 23.3. The second kappa shape index (κ2) is 10.2. The van der Waals surface area contributed by atoms with E-state index in [9.17, 15) is 0 Å². The smallest absolute Gasteiger partial charge is 0.0540 e. The van der Waals surface area contributed by atoms with E-state index < -0.39 is 0 Å². The van der Waals surface area contributed by atoms with Gasteiger partial charge in [0, 0.05) is 16.9 Å². The quantitative estimate of drug-likeness (QED) is 0.196. The van der Waals surface area contributed by atoms with Crippen molar-refractivity contribution in [3.63, 3.8) is 0 Å². The van der Waals surface area contributed by atoms with Crippen LogP contribution in [0, 0.1) is 0 Å². The van der Waals surface area contributed by atoms with Crippen molar-refractivity contribution in [1.29, 1.82) is 0 Å². The summed E-state index contributed by atoms with van der Waals surface area (Å²) in [5, 5.41) is 2.50. The topological polar surface area (TPSA) is 3.24 Å². The number of hydrogen-bond donors (Lipinski definition) is 0. The molecule has 8 aromatic carbocycles. The Kier molecular flexibility index (Phi) is 5.64. The Morgan fingerprint density at radius 3 is 1.57 bits per heavy atom. The van der Waals surface area contributed by atoms with Crippen molar-refractivity contribution in [2.24, 2.45) is 0 Å². The van der Waals surface area contributed by atoms with Crippen LogP contribution in [-0.4, -0.2) is 0 Å². The molecule has 1 heteroatoms. The van der Waals surface area contributed by atoms with Gasteiger partial charge in [0.25, 0.3) is 0 Å². The molecule has 0 N–H and O–H groups in total. The number of benzene rings is 8. The van der Waals surface area contributed by atoms with Gasteiger partial charge in [-0.1, -0.05) is 146 Å². The lowest BCUT2D eigenvalue weighted by atomic mass is 9.83. The second-order valence-electron chi connectivity index (χ2n) is 12.4. The van der Waals surface area contributed by atoms with E-state index >= 15 is 0 Å². The standard InChI is InChI=1S/C46H29N/c1-2-15-31(16-3-1)47(44-26-9-8-19-36(44)34-21-10-14-30-13-4-5-17-33(30)34)32-27-28-42-43(29-32)41-25-12-24-39-40-23-11-22-38(46(40)42)35-18-6-7-20-37(35)45(39)41/h1-29H. The highest BCUT2D eigenvalue weighted by atomic mass is 15.1. The molecule has 0 atom stereocenters. The monoisotopic (exact) mass is 595 g/mol. The molecule has 0 heterocycles. The van der Waals surface area contributed by atoms with Crippen molar-refractivity contribution in [2.75, 3.05) is 4.90 Å². The highest BCUT2D eigenvalue weighted by Crippen LogP contribution is 2.57. The number of rotatable bonds is 4. The van der Waals surface area contributed by atoms with Crippen molar-refractivity contribution in [3.8, 4) is 66.8 Å². The Balaban J connectivity index is 1.26. The maximum atomic E-state index is 2.43. The molecule has 0 amide bonds. The summed E-state index contributed by atoms with van der Waals surface area (Å²) in [6, 6.07) is 64.6. The van der Waals surface area contributed by atoms with E-state index in [1.807, 2.05) is 0 Å². The van der Waals surface area contributed by atoms with Crippen LogP contribution in [0.3, 0.4) is 0 Å². The van der Waals surface area contributed by atoms with E-state index in [1.54, 1.807) is 0 Å². The number of hydrogen-bond acceptors (Lipinski definition) is 1. The summed E-state index contributed by atoms with van der Waals surface area (Å²) in [5.74, 6) is 0. The Hall–Kier alpha value is -6.18. The van der Waals surface area contributed by atoms with E-state index in [2.05, 4.69) is 181 Å². The van der Waals surface area contributed by atoms with Gasteiger partial charge in [-0.05, 0) is 102 Å². The fourth-order valence-electron chi connectivity index (χ4n) is 7.99. The van der Waals surface area contributed by atoms with E-state index in [1.165, 1.54) is 77.5 Å². The first kappa shape index (κ1) is 26.1. The third-order valence-electron chi connectivity index (χ3n) is 9.97. The summed E-state index contributed by atoms with van der Waals surface area (Å²) < 4.78 is 0. The van der Waals surface area contributed by atoms with E-state index in [-0.39, 0.29) is 0 Å². The summed E-state index contributed by atoms with van der Waals surface area (Å²) in [6.45, 7) is 0. The third kappa shape index (κ3) is 3.84. The molecule has 218 valence electrons. The highest BCUT2D eigenvalue weighted by Gasteiger charge is 2.31. The predicted octanol–water partition coefficient (Wildman–Crippen LogP) is 12.9. The zero-order valence-electron chi connectivity index (χ0n) is 25.7. The molecule has 0 saturated heterocycles. The summed E-state index contributed by atoms with van der Waals surface area (Å²) in [5.41, 5.74) is 18.8. The number of anilines is 3. The minimum atomic E-state index is 1.13. The normalized spacial score (nSPS) is 11.8. The van der Waals surface area contributed by atoms with Gasteiger partial charge < -0.3 is 4.90 Å². The van der Waals surface area contributed by atoms with Crippen LogP contribution in [0.15, 0.2) is 176 Å². The van der Waals surface area contributed by atoms with Crippen LogP contribution in [-0.2, 0) is 0 Å². The fraction of sp³-hybridized carbons (Fsp3) is 0. The van der Waals surface area contributed by atoms with Crippen molar-refractivity contribution in [3.05, 3.63) is 176 Å². The molecule has 2 aliphatic rings. The van der Waals surface area contributed by atoms with Crippen LogP contribution in [0.25, 0.3) is 77.5 Å². The van der Waals surface area contributed by atoms with Gasteiger partial charge in [-0.25, -0.2) is 0 Å². The minimum absolute atomic E-state index is 1.13. The number of fused-ring (bicyclic) bond motifs is 5. The van der Waals surface area contributed by atoms with E-state index in [0.717, 1.165) is 17.1 Å². The lowest BCUT2D eigenvalue weighted by Crippen LogP contribution is -2.11. The van der Waals surface area contributed by atoms with Crippen molar-refractivity contribution < 1.29 is 0 Å². The molecule has 47 heavy (non-hydrogen) atoms. The van der Waals surface area contributed by atoms with Gasteiger partial charge in [0.15, 0.2) is 0 Å². The summed E-state index contributed by atoms with van der Waals surface area (Å²) >= 11 is 0. The molecule has 6 bridgehead atoms. The van der Waals surface area contributed by atoms with Crippen molar-refractivity contribution in [1.82, 2.24) is 0 Å². The van der Waals surface area contributed by atoms with Crippen LogP contribution in [0.4, 0.5) is 17.1 Å². The van der Waals surface area contributed by atoms with Crippen LogP contribution in [0.5, 0.6) is 0 Å². The Morgan fingerprint density at radius 1 is 0.277 bits per heavy atom. The first-order valence-corrected chi connectivity index (χ1v) is 16.3. The number of para-hydroxylation sites is 2. The lowest BCUT2D eigenvalue weighted by molar-refractivity contribution is 1.28. The van der Waals surface area contributed by atoms with Gasteiger partial charge >= 0.3 is 0 Å². The highest BCUT2D eigenvalue weighted by molar-refractivity contribution is 6.15. The lowest BCUT2D eigenvalue weighted by Gasteiger charge is -2.29. The molecular weight excluding hydrogens is 567 g/mol. The molecular formula is C46H29N. The van der Waals surface area contributed by atoms with Gasteiger partial charge in [-0.2, -0.15) is 0 Å². The number of nitrogens with zero attached hydrogens (tertiary/aromatic N) is 1. The SMILES string of the molecule is c1ccc(N(c2ccc3c(c2)-c2cccc4c2-c2ccccc2-c2cccc-4c2-3)c2ccccc2-c2cccc3ccccc23)cc1. The van der Waals surface area contributed by atoms with Gasteiger partial charge in [-0.15, -0.1) is 0 Å². The molecule has 8 aromatic rings. The molecule has 0 saturated carbocycles. The van der Waals surface area contributed by atoms with Gasteiger partial charge in [0.2, 0.25) is 0 Å². The maximum Gasteiger partial charge on any atom is 0.0540 e.